The number of carbonyl (C=O) groups excluding carboxylic acids is 3. The smallest absolute Gasteiger partial charge is 0.326 e. The maximum absolute atomic E-state index is 14.6. The average molecular weight is 837 g/mol. The van der Waals surface area contributed by atoms with Gasteiger partial charge in [0, 0.05) is 24.8 Å². The monoisotopic (exact) mass is 837 g/mol. The van der Waals surface area contributed by atoms with Gasteiger partial charge in [-0.05, 0) is 129 Å². The molecule has 0 saturated heterocycles. The van der Waals surface area contributed by atoms with Gasteiger partial charge in [0.05, 0.1) is 5.41 Å². The number of carboxylic acid groups (broad SMARTS) is 1. The topological polar surface area (TPSA) is 122 Å². The molecule has 8 nitrogen and oxygen atoms in total. The lowest BCUT2D eigenvalue weighted by Gasteiger charge is -2.71. The maximum Gasteiger partial charge on any atom is 0.326 e. The van der Waals surface area contributed by atoms with Crippen LogP contribution in [0.15, 0.2) is 11.6 Å². The van der Waals surface area contributed by atoms with Crippen LogP contribution in [0, 0.1) is 56.2 Å². The van der Waals surface area contributed by atoms with E-state index in [1.165, 1.54) is 12.8 Å². The van der Waals surface area contributed by atoms with Crippen LogP contribution >= 0.6 is 0 Å². The number of allylic oxidation sites excluding steroid dienone is 2. The van der Waals surface area contributed by atoms with Gasteiger partial charge >= 0.3 is 11.9 Å². The van der Waals surface area contributed by atoms with Gasteiger partial charge in [0.2, 0.25) is 11.8 Å². The van der Waals surface area contributed by atoms with Crippen LogP contribution in [0.25, 0.3) is 0 Å². The lowest BCUT2D eigenvalue weighted by molar-refractivity contribution is -0.213. The molecule has 0 aromatic rings. The summed E-state index contributed by atoms with van der Waals surface area (Å²) in [4.78, 5) is 51.1. The molecule has 5 rings (SSSR count). The highest BCUT2D eigenvalue weighted by Gasteiger charge is 2.69. The van der Waals surface area contributed by atoms with Crippen LogP contribution in [0.5, 0.6) is 0 Å². The number of rotatable bonds is 20. The zero-order chi connectivity index (χ0) is 44.1. The van der Waals surface area contributed by atoms with Gasteiger partial charge in [-0.3, -0.25) is 14.4 Å². The molecular formula is C52H88N2O6. The molecule has 0 spiro atoms. The number of fused-ring (bicyclic) bond motifs is 7. The fourth-order valence-electron chi connectivity index (χ4n) is 14.2. The molecule has 0 unspecified atom stereocenters. The number of nitrogens with one attached hydrogen (secondary N) is 2. The largest absolute Gasteiger partial charge is 0.480 e. The summed E-state index contributed by atoms with van der Waals surface area (Å²) in [5.74, 6) is 0.407. The van der Waals surface area contributed by atoms with Crippen molar-refractivity contribution in [3.63, 3.8) is 0 Å². The van der Waals surface area contributed by atoms with Crippen molar-refractivity contribution in [3.8, 4) is 0 Å². The second kappa shape index (κ2) is 19.6. The normalized spacial score (nSPS) is 34.5. The number of amides is 2. The minimum atomic E-state index is -0.975. The SMILES string of the molecule is CCCCCC(=O)O[C@H]1CC[C@]2(C)[C@H]3CC=C4[C@@H]5CC(C)(C)CC[C@]5(C(=O)NCCCCCCCCCCC(=O)N[C@H](C(=O)O)C(C)C)CC[C@@]4(C)[C@]3(C)CC[C@H]2C1(C)C. The summed E-state index contributed by atoms with van der Waals surface area (Å²) < 4.78 is 6.31. The molecule has 0 aromatic carbocycles. The summed E-state index contributed by atoms with van der Waals surface area (Å²) >= 11 is 0. The van der Waals surface area contributed by atoms with Crippen molar-refractivity contribution in [2.75, 3.05) is 6.54 Å². The Labute approximate surface area is 365 Å². The fraction of sp³-hybridized carbons (Fsp3) is 0.885. The van der Waals surface area contributed by atoms with E-state index in [0.29, 0.717) is 36.5 Å². The van der Waals surface area contributed by atoms with Crippen molar-refractivity contribution in [2.45, 2.75) is 229 Å². The predicted molar refractivity (Wildman–Crippen MR) is 242 cm³/mol. The van der Waals surface area contributed by atoms with Gasteiger partial charge in [-0.1, -0.05) is 132 Å². The molecular weight excluding hydrogens is 749 g/mol. The Morgan fingerprint density at radius 1 is 0.767 bits per heavy atom. The second-order valence-electron chi connectivity index (χ2n) is 23.1. The first-order valence-electron chi connectivity index (χ1n) is 24.9. The molecule has 60 heavy (non-hydrogen) atoms. The minimum absolute atomic E-state index is 0.00441. The van der Waals surface area contributed by atoms with E-state index < -0.39 is 12.0 Å². The number of carboxylic acids is 1. The zero-order valence-corrected chi connectivity index (χ0v) is 40.0. The molecule has 2 amide bonds. The Balaban J connectivity index is 1.15. The van der Waals surface area contributed by atoms with Gasteiger partial charge in [0.1, 0.15) is 12.1 Å². The predicted octanol–water partition coefficient (Wildman–Crippen LogP) is 12.1. The Morgan fingerprint density at radius 3 is 2.05 bits per heavy atom. The van der Waals surface area contributed by atoms with E-state index in [4.69, 9.17) is 4.74 Å². The summed E-state index contributed by atoms with van der Waals surface area (Å²) in [5, 5.41) is 15.5. The highest BCUT2D eigenvalue weighted by Crippen LogP contribution is 2.76. The van der Waals surface area contributed by atoms with Crippen molar-refractivity contribution >= 4 is 23.8 Å². The Hall–Kier alpha value is -2.38. The van der Waals surface area contributed by atoms with E-state index in [1.807, 2.05) is 13.8 Å². The molecule has 0 aromatic heterocycles. The van der Waals surface area contributed by atoms with Crippen molar-refractivity contribution in [1.29, 1.82) is 0 Å². The van der Waals surface area contributed by atoms with Gasteiger partial charge in [-0.15, -0.1) is 0 Å². The van der Waals surface area contributed by atoms with Crippen LogP contribution in [0.4, 0.5) is 0 Å². The van der Waals surface area contributed by atoms with E-state index in [1.54, 1.807) is 5.57 Å². The van der Waals surface area contributed by atoms with Gasteiger partial charge in [0.15, 0.2) is 0 Å². The third-order valence-electron chi connectivity index (χ3n) is 18.2. The van der Waals surface area contributed by atoms with Crippen molar-refractivity contribution < 1.29 is 29.0 Å². The Kier molecular flexibility index (Phi) is 15.9. The van der Waals surface area contributed by atoms with Crippen LogP contribution in [-0.2, 0) is 23.9 Å². The van der Waals surface area contributed by atoms with Gasteiger partial charge in [0.25, 0.3) is 0 Å². The van der Waals surface area contributed by atoms with Crippen LogP contribution in [0.2, 0.25) is 0 Å². The number of unbranched alkanes of at least 4 members (excludes halogenated alkanes) is 9. The highest BCUT2D eigenvalue weighted by atomic mass is 16.5. The number of hydrogen-bond acceptors (Lipinski definition) is 5. The molecule has 5 aliphatic rings. The molecule has 0 bridgehead atoms. The third kappa shape index (κ3) is 9.88. The van der Waals surface area contributed by atoms with Crippen molar-refractivity contribution in [3.05, 3.63) is 11.6 Å². The van der Waals surface area contributed by atoms with Crippen molar-refractivity contribution in [2.24, 2.45) is 56.2 Å². The Bertz CT molecular complexity index is 1550. The molecule has 342 valence electrons. The maximum atomic E-state index is 14.6. The molecule has 0 heterocycles. The standard InChI is InChI=1S/C52H88N2O6/c1-11-12-19-23-43(56)60-41-27-28-49(8)39(48(41,6)7)26-29-51(10)40(49)25-24-37-38-35-47(4,5)30-32-52(38,33-31-50(37,51)9)46(59)53-34-21-18-16-14-13-15-17-20-22-42(55)54-44(36(2)3)45(57)58/h24,36,38-41,44H,11-23,25-35H2,1-10H3,(H,53,59)(H,54,55)(H,57,58)/t38-,39-,40+,41-,44-,49-,50+,51+,52-/m0/s1. The number of aliphatic carboxylic acids is 1. The van der Waals surface area contributed by atoms with E-state index >= 15 is 0 Å². The molecule has 9 atom stereocenters. The number of carbonyl (C=O) groups is 4. The van der Waals surface area contributed by atoms with Crippen molar-refractivity contribution in [1.82, 2.24) is 10.6 Å². The van der Waals surface area contributed by atoms with Crippen LogP contribution in [-0.4, -0.2) is 47.6 Å². The molecule has 5 aliphatic carbocycles. The molecule has 8 heteroatoms. The molecule has 3 N–H and O–H groups in total. The van der Waals surface area contributed by atoms with E-state index in [9.17, 15) is 24.3 Å². The quantitative estimate of drug-likeness (QED) is 0.0638. The van der Waals surface area contributed by atoms with Gasteiger partial charge in [-0.25, -0.2) is 4.79 Å². The molecule has 0 aliphatic heterocycles. The summed E-state index contributed by atoms with van der Waals surface area (Å²) in [6.45, 7) is 24.1. The number of ether oxygens (including phenoxy) is 1. The second-order valence-corrected chi connectivity index (χ2v) is 23.1. The van der Waals surface area contributed by atoms with Gasteiger partial charge < -0.3 is 20.5 Å². The lowest BCUT2D eigenvalue weighted by Crippen LogP contribution is -2.65. The third-order valence-corrected chi connectivity index (χ3v) is 18.2. The average Bonchev–Trinajstić information content (AvgIpc) is 3.17. The minimum Gasteiger partial charge on any atom is -0.480 e. The summed E-state index contributed by atoms with van der Waals surface area (Å²) in [6.07, 6.45) is 25.9. The van der Waals surface area contributed by atoms with Crippen LogP contribution in [0.1, 0.15) is 217 Å². The van der Waals surface area contributed by atoms with E-state index in [2.05, 4.69) is 72.1 Å². The number of hydrogen-bond donors (Lipinski definition) is 3. The summed E-state index contributed by atoms with van der Waals surface area (Å²) in [5.41, 5.74) is 1.89. The summed E-state index contributed by atoms with van der Waals surface area (Å²) in [6, 6.07) is -0.822. The molecule has 0 radical (unpaired) electrons. The zero-order valence-electron chi connectivity index (χ0n) is 40.0. The number of esters is 1. The summed E-state index contributed by atoms with van der Waals surface area (Å²) in [7, 11) is 0. The van der Waals surface area contributed by atoms with Gasteiger partial charge in [-0.2, -0.15) is 0 Å². The fourth-order valence-corrected chi connectivity index (χ4v) is 14.2. The van der Waals surface area contributed by atoms with Crippen LogP contribution in [0.3, 0.4) is 0 Å². The first-order valence-corrected chi connectivity index (χ1v) is 24.9. The molecule has 4 saturated carbocycles. The first-order chi connectivity index (χ1) is 28.2. The van der Waals surface area contributed by atoms with E-state index in [0.717, 1.165) is 129 Å². The van der Waals surface area contributed by atoms with E-state index in [-0.39, 0.29) is 56.4 Å². The Morgan fingerprint density at radius 2 is 1.40 bits per heavy atom. The lowest BCUT2D eigenvalue weighted by atomic mass is 9.33. The van der Waals surface area contributed by atoms with Crippen LogP contribution < -0.4 is 10.6 Å². The first kappa shape index (κ1) is 48.6. The highest BCUT2D eigenvalue weighted by molar-refractivity contribution is 5.84. The molecule has 4 fully saturated rings.